The molecule has 0 spiro atoms. The lowest BCUT2D eigenvalue weighted by atomic mass is 10.1. The van der Waals surface area contributed by atoms with Gasteiger partial charge in [0.05, 0.1) is 12.7 Å². The lowest BCUT2D eigenvalue weighted by Gasteiger charge is -2.06. The van der Waals surface area contributed by atoms with Gasteiger partial charge < -0.3 is 14.8 Å². The van der Waals surface area contributed by atoms with Gasteiger partial charge in [0.25, 0.3) is 5.91 Å². The van der Waals surface area contributed by atoms with Crippen LogP contribution in [0.5, 0.6) is 0 Å². The summed E-state index contributed by atoms with van der Waals surface area (Å²) in [6.45, 7) is -0.416. The Morgan fingerprint density at radius 1 is 0.788 bits per heavy atom. The number of nitrogens with one attached hydrogen (secondary N) is 1. The van der Waals surface area contributed by atoms with Crippen molar-refractivity contribution in [1.29, 1.82) is 0 Å². The molecule has 0 heterocycles. The van der Waals surface area contributed by atoms with Gasteiger partial charge in [-0.2, -0.15) is 0 Å². The Morgan fingerprint density at radius 3 is 2.06 bits per heavy atom. The van der Waals surface area contributed by atoms with E-state index in [1.165, 1.54) is 19.3 Å². The standard InChI is InChI=1S/C26H21NO6/c1-32-26(31)21-10-7-18(8-11-21)9-16-24(29)33-17-23(28)19-12-14-22(15-13-19)27-25(30)20-5-3-2-4-6-20/h2-16H,17H2,1H3,(H,27,30)/b16-9+. The number of anilines is 1. The van der Waals surface area contributed by atoms with Gasteiger partial charge in [0.2, 0.25) is 0 Å². The molecular formula is C26H21NO6. The molecule has 7 nitrogen and oxygen atoms in total. The molecule has 0 bridgehead atoms. The van der Waals surface area contributed by atoms with E-state index in [0.717, 1.165) is 0 Å². The third kappa shape index (κ3) is 6.73. The number of rotatable bonds is 8. The second kappa shape index (κ2) is 11.2. The Morgan fingerprint density at radius 2 is 1.42 bits per heavy atom. The van der Waals surface area contributed by atoms with Crippen molar-refractivity contribution in [2.24, 2.45) is 0 Å². The molecule has 7 heteroatoms. The van der Waals surface area contributed by atoms with Gasteiger partial charge in [-0.3, -0.25) is 9.59 Å². The van der Waals surface area contributed by atoms with Crippen molar-refractivity contribution >= 4 is 35.4 Å². The number of esters is 2. The van der Waals surface area contributed by atoms with E-state index in [1.54, 1.807) is 72.8 Å². The molecule has 0 saturated carbocycles. The Bertz CT molecular complexity index is 1170. The van der Waals surface area contributed by atoms with E-state index < -0.39 is 18.5 Å². The third-order valence-corrected chi connectivity index (χ3v) is 4.59. The third-order valence-electron chi connectivity index (χ3n) is 4.59. The molecule has 0 aliphatic rings. The summed E-state index contributed by atoms with van der Waals surface area (Å²) in [5.41, 5.74) is 2.49. The Balaban J connectivity index is 1.48. The van der Waals surface area contributed by atoms with E-state index in [9.17, 15) is 19.2 Å². The number of hydrogen-bond donors (Lipinski definition) is 1. The van der Waals surface area contributed by atoms with Gasteiger partial charge in [-0.05, 0) is 60.2 Å². The minimum atomic E-state index is -0.674. The lowest BCUT2D eigenvalue weighted by molar-refractivity contribution is -0.136. The monoisotopic (exact) mass is 443 g/mol. The lowest BCUT2D eigenvalue weighted by Crippen LogP contribution is -2.13. The van der Waals surface area contributed by atoms with Gasteiger partial charge in [-0.15, -0.1) is 0 Å². The van der Waals surface area contributed by atoms with E-state index >= 15 is 0 Å². The van der Waals surface area contributed by atoms with Crippen LogP contribution in [0.2, 0.25) is 0 Å². The zero-order valence-corrected chi connectivity index (χ0v) is 17.8. The maximum atomic E-state index is 12.3. The number of carbonyl (C=O) groups is 4. The average molecular weight is 443 g/mol. The minimum Gasteiger partial charge on any atom is -0.465 e. The minimum absolute atomic E-state index is 0.254. The Kier molecular flexibility index (Phi) is 7.86. The van der Waals surface area contributed by atoms with Crippen molar-refractivity contribution in [3.63, 3.8) is 0 Å². The molecule has 0 fully saturated rings. The van der Waals surface area contributed by atoms with Crippen molar-refractivity contribution in [3.8, 4) is 0 Å². The van der Waals surface area contributed by atoms with Gasteiger partial charge >= 0.3 is 11.9 Å². The average Bonchev–Trinajstić information content (AvgIpc) is 2.86. The van der Waals surface area contributed by atoms with Crippen molar-refractivity contribution in [2.75, 3.05) is 19.0 Å². The molecule has 0 unspecified atom stereocenters. The van der Waals surface area contributed by atoms with Gasteiger partial charge in [-0.25, -0.2) is 9.59 Å². The molecule has 0 aromatic heterocycles. The summed E-state index contributed by atoms with van der Waals surface area (Å²) in [6, 6.07) is 21.5. The maximum Gasteiger partial charge on any atom is 0.337 e. The fourth-order valence-electron chi connectivity index (χ4n) is 2.81. The van der Waals surface area contributed by atoms with E-state index in [4.69, 9.17) is 4.74 Å². The van der Waals surface area contributed by atoms with E-state index in [1.807, 2.05) is 6.07 Å². The highest BCUT2D eigenvalue weighted by Crippen LogP contribution is 2.12. The molecule has 0 radical (unpaired) electrons. The number of ether oxygens (including phenoxy) is 2. The van der Waals surface area contributed by atoms with Crippen molar-refractivity contribution in [2.45, 2.75) is 0 Å². The smallest absolute Gasteiger partial charge is 0.337 e. The van der Waals surface area contributed by atoms with Crippen LogP contribution in [0.25, 0.3) is 6.08 Å². The second-order valence-corrected chi connectivity index (χ2v) is 6.88. The summed E-state index contributed by atoms with van der Waals surface area (Å²) in [7, 11) is 1.30. The van der Waals surface area contributed by atoms with E-state index in [0.29, 0.717) is 27.9 Å². The topological polar surface area (TPSA) is 98.8 Å². The predicted molar refractivity (Wildman–Crippen MR) is 123 cm³/mol. The van der Waals surface area contributed by atoms with Gasteiger partial charge in [0, 0.05) is 22.9 Å². The highest BCUT2D eigenvalue weighted by Gasteiger charge is 2.10. The summed E-state index contributed by atoms with van der Waals surface area (Å²) < 4.78 is 9.62. The van der Waals surface area contributed by atoms with Gasteiger partial charge in [0.1, 0.15) is 0 Å². The molecule has 0 saturated heterocycles. The molecule has 3 aromatic rings. The van der Waals surface area contributed by atoms with Gasteiger partial charge in [0.15, 0.2) is 12.4 Å². The first-order chi connectivity index (χ1) is 16.0. The van der Waals surface area contributed by atoms with E-state index in [-0.39, 0.29) is 11.7 Å². The number of amides is 1. The summed E-state index contributed by atoms with van der Waals surface area (Å²) in [6.07, 6.45) is 2.71. The fourth-order valence-corrected chi connectivity index (χ4v) is 2.81. The van der Waals surface area contributed by atoms with Crippen LogP contribution in [0.4, 0.5) is 5.69 Å². The van der Waals surface area contributed by atoms with Crippen LogP contribution < -0.4 is 5.32 Å². The zero-order chi connectivity index (χ0) is 23.6. The molecule has 1 amide bonds. The van der Waals surface area contributed by atoms with Crippen molar-refractivity contribution in [3.05, 3.63) is 107 Å². The molecule has 0 aliphatic carbocycles. The number of methoxy groups -OCH3 is 1. The number of ketones is 1. The Hall–Kier alpha value is -4.52. The Labute approximate surface area is 190 Å². The quantitative estimate of drug-likeness (QED) is 0.319. The molecule has 3 aromatic carbocycles. The number of Topliss-reactive ketones (excluding diaryl/α,β-unsaturated/α-hetero) is 1. The van der Waals surface area contributed by atoms with Crippen LogP contribution in [0, 0.1) is 0 Å². The first-order valence-corrected chi connectivity index (χ1v) is 9.99. The molecule has 0 aliphatic heterocycles. The summed E-state index contributed by atoms with van der Waals surface area (Å²) in [5.74, 6) is -1.75. The fraction of sp³-hybridized carbons (Fsp3) is 0.0769. The molecule has 0 atom stereocenters. The molecule has 33 heavy (non-hydrogen) atoms. The number of benzene rings is 3. The van der Waals surface area contributed by atoms with Crippen LogP contribution >= 0.6 is 0 Å². The first-order valence-electron chi connectivity index (χ1n) is 9.99. The summed E-state index contributed by atoms with van der Waals surface area (Å²) in [5, 5.41) is 2.75. The highest BCUT2D eigenvalue weighted by molar-refractivity contribution is 6.04. The normalized spacial score (nSPS) is 10.5. The zero-order valence-electron chi connectivity index (χ0n) is 17.8. The van der Waals surface area contributed by atoms with Crippen LogP contribution in [-0.2, 0) is 14.3 Å². The van der Waals surface area contributed by atoms with Crippen LogP contribution in [0.15, 0.2) is 84.9 Å². The van der Waals surface area contributed by atoms with Crippen LogP contribution in [0.3, 0.4) is 0 Å². The number of hydrogen-bond acceptors (Lipinski definition) is 6. The molecule has 1 N–H and O–H groups in total. The van der Waals surface area contributed by atoms with Crippen molar-refractivity contribution < 1.29 is 28.7 Å². The molecular weight excluding hydrogens is 422 g/mol. The first kappa shape index (κ1) is 23.1. The largest absolute Gasteiger partial charge is 0.465 e. The summed E-state index contributed by atoms with van der Waals surface area (Å²) in [4.78, 5) is 47.8. The second-order valence-electron chi connectivity index (χ2n) is 6.88. The van der Waals surface area contributed by atoms with E-state index in [2.05, 4.69) is 10.1 Å². The SMILES string of the molecule is COC(=O)c1ccc(/C=C/C(=O)OCC(=O)c2ccc(NC(=O)c3ccccc3)cc2)cc1. The number of carbonyl (C=O) groups excluding carboxylic acids is 4. The van der Waals surface area contributed by atoms with Crippen LogP contribution in [0.1, 0.15) is 36.6 Å². The molecule has 3 rings (SSSR count). The van der Waals surface area contributed by atoms with Gasteiger partial charge in [-0.1, -0.05) is 30.3 Å². The van der Waals surface area contributed by atoms with Crippen LogP contribution in [-0.4, -0.2) is 37.3 Å². The van der Waals surface area contributed by atoms with Crippen molar-refractivity contribution in [1.82, 2.24) is 0 Å². The predicted octanol–water partition coefficient (Wildman–Crippen LogP) is 4.16. The maximum absolute atomic E-state index is 12.3. The summed E-state index contributed by atoms with van der Waals surface area (Å²) >= 11 is 0. The molecule has 166 valence electrons. The highest BCUT2D eigenvalue weighted by atomic mass is 16.5.